The van der Waals surface area contributed by atoms with Gasteiger partial charge in [0.25, 0.3) is 11.5 Å². The molecule has 35 heavy (non-hydrogen) atoms. The monoisotopic (exact) mass is 508 g/mol. The highest BCUT2D eigenvalue weighted by atomic mass is 32.2. The molecule has 4 aromatic rings. The van der Waals surface area contributed by atoms with Gasteiger partial charge in [-0.15, -0.1) is 11.3 Å². The Morgan fingerprint density at radius 3 is 2.71 bits per heavy atom. The highest BCUT2D eigenvalue weighted by molar-refractivity contribution is 8.00. The molecule has 0 aliphatic carbocycles. The SMILES string of the molecule is CC[C@H](Sc1nc2ccsc2c(=O)n1NC(=O)c1cccc(OC)c1)C(=O)Nc1cccc(C)c1. The predicted molar refractivity (Wildman–Crippen MR) is 140 cm³/mol. The van der Waals surface area contributed by atoms with Crippen LogP contribution in [0.5, 0.6) is 5.75 Å². The van der Waals surface area contributed by atoms with Crippen molar-refractivity contribution in [2.75, 3.05) is 17.9 Å². The summed E-state index contributed by atoms with van der Waals surface area (Å²) in [5.74, 6) is -0.193. The van der Waals surface area contributed by atoms with Crippen LogP contribution >= 0.6 is 23.1 Å². The fraction of sp³-hybridized carbons (Fsp3) is 0.200. The molecule has 0 spiro atoms. The zero-order chi connectivity index (χ0) is 24.9. The number of aromatic nitrogens is 2. The van der Waals surface area contributed by atoms with Crippen molar-refractivity contribution in [1.29, 1.82) is 0 Å². The van der Waals surface area contributed by atoms with E-state index in [-0.39, 0.29) is 11.1 Å². The highest BCUT2D eigenvalue weighted by Gasteiger charge is 2.23. The van der Waals surface area contributed by atoms with Gasteiger partial charge in [0.2, 0.25) is 5.91 Å². The van der Waals surface area contributed by atoms with Crippen LogP contribution in [0.15, 0.2) is 69.9 Å². The van der Waals surface area contributed by atoms with Crippen molar-refractivity contribution in [2.24, 2.45) is 0 Å². The molecule has 0 bridgehead atoms. The molecule has 0 unspecified atom stereocenters. The van der Waals surface area contributed by atoms with Gasteiger partial charge in [-0.2, -0.15) is 4.68 Å². The van der Waals surface area contributed by atoms with Crippen LogP contribution in [-0.4, -0.2) is 33.8 Å². The van der Waals surface area contributed by atoms with Crippen molar-refractivity contribution in [3.63, 3.8) is 0 Å². The van der Waals surface area contributed by atoms with Crippen LogP contribution in [0.1, 0.15) is 29.3 Å². The number of hydrogen-bond donors (Lipinski definition) is 2. The van der Waals surface area contributed by atoms with Gasteiger partial charge in [0.1, 0.15) is 10.4 Å². The van der Waals surface area contributed by atoms with E-state index in [0.717, 1.165) is 22.0 Å². The van der Waals surface area contributed by atoms with Gasteiger partial charge in [0.15, 0.2) is 5.16 Å². The molecular weight excluding hydrogens is 484 g/mol. The lowest BCUT2D eigenvalue weighted by Gasteiger charge is -2.18. The van der Waals surface area contributed by atoms with Crippen LogP contribution in [0, 0.1) is 6.92 Å². The molecule has 0 saturated heterocycles. The van der Waals surface area contributed by atoms with Crippen LogP contribution in [0.25, 0.3) is 10.2 Å². The number of benzene rings is 2. The quantitative estimate of drug-likeness (QED) is 0.265. The van der Waals surface area contributed by atoms with Crippen LogP contribution in [0.4, 0.5) is 5.69 Å². The third-order valence-corrected chi connectivity index (χ3v) is 7.40. The Balaban J connectivity index is 1.65. The number of ether oxygens (including phenoxy) is 1. The molecular formula is C25H24N4O4S2. The topological polar surface area (TPSA) is 102 Å². The molecule has 0 saturated carbocycles. The number of thiophene rings is 1. The zero-order valence-corrected chi connectivity index (χ0v) is 21.0. The Hall–Kier alpha value is -3.63. The van der Waals surface area contributed by atoms with Crippen molar-refractivity contribution >= 4 is 50.8 Å². The standard InChI is InChI=1S/C25H24N4O4S2/c1-4-20(23(31)26-17-9-5-7-15(2)13-17)35-25-27-19-11-12-34-21(19)24(32)29(25)28-22(30)16-8-6-10-18(14-16)33-3/h5-14,20H,4H2,1-3H3,(H,26,31)(H,28,30)/t20-/m0/s1. The van der Waals surface area contributed by atoms with Crippen LogP contribution < -0.4 is 21.0 Å². The number of methoxy groups -OCH3 is 1. The number of rotatable bonds is 8. The number of carbonyl (C=O) groups excluding carboxylic acids is 2. The normalized spacial score (nSPS) is 11.7. The molecule has 2 aromatic heterocycles. The van der Waals surface area contributed by atoms with Crippen molar-refractivity contribution in [2.45, 2.75) is 30.7 Å². The van der Waals surface area contributed by atoms with Gasteiger partial charge in [-0.05, 0) is 60.7 Å². The summed E-state index contributed by atoms with van der Waals surface area (Å²) >= 11 is 2.37. The predicted octanol–water partition coefficient (Wildman–Crippen LogP) is 4.67. The van der Waals surface area contributed by atoms with Crippen molar-refractivity contribution in [3.05, 3.63) is 81.5 Å². The van der Waals surface area contributed by atoms with E-state index in [1.165, 1.54) is 18.4 Å². The van der Waals surface area contributed by atoms with E-state index in [1.54, 1.807) is 35.7 Å². The molecule has 0 aliphatic rings. The number of nitrogens with one attached hydrogen (secondary N) is 2. The number of aryl methyl sites for hydroxylation is 1. The van der Waals surface area contributed by atoms with E-state index in [4.69, 9.17) is 4.74 Å². The Bertz CT molecular complexity index is 1450. The van der Waals surface area contributed by atoms with E-state index in [1.807, 2.05) is 38.1 Å². The van der Waals surface area contributed by atoms with E-state index in [0.29, 0.717) is 33.6 Å². The molecule has 2 aromatic carbocycles. The molecule has 2 N–H and O–H groups in total. The minimum absolute atomic E-state index is 0.214. The van der Waals surface area contributed by atoms with Gasteiger partial charge in [-0.25, -0.2) is 4.98 Å². The second kappa shape index (κ2) is 10.7. The fourth-order valence-electron chi connectivity index (χ4n) is 3.40. The summed E-state index contributed by atoms with van der Waals surface area (Å²) < 4.78 is 6.73. The molecule has 0 aliphatic heterocycles. The van der Waals surface area contributed by atoms with Crippen molar-refractivity contribution in [3.8, 4) is 5.75 Å². The number of nitrogens with zero attached hydrogens (tertiary/aromatic N) is 2. The Kier molecular flexibility index (Phi) is 7.52. The average molecular weight is 509 g/mol. The van der Waals surface area contributed by atoms with Gasteiger partial charge < -0.3 is 10.1 Å². The molecule has 10 heteroatoms. The summed E-state index contributed by atoms with van der Waals surface area (Å²) in [5, 5.41) is 4.38. The van der Waals surface area contributed by atoms with Gasteiger partial charge in [0.05, 0.1) is 17.9 Å². The molecule has 2 heterocycles. The number of anilines is 1. The van der Waals surface area contributed by atoms with Gasteiger partial charge in [-0.3, -0.25) is 19.8 Å². The zero-order valence-electron chi connectivity index (χ0n) is 19.4. The summed E-state index contributed by atoms with van der Waals surface area (Å²) in [6.07, 6.45) is 0.490. The van der Waals surface area contributed by atoms with Crippen LogP contribution in [-0.2, 0) is 4.79 Å². The lowest BCUT2D eigenvalue weighted by atomic mass is 10.2. The highest BCUT2D eigenvalue weighted by Crippen LogP contribution is 2.27. The number of thioether (sulfide) groups is 1. The maximum Gasteiger partial charge on any atom is 0.291 e. The number of hydrogen-bond acceptors (Lipinski definition) is 7. The number of carbonyl (C=O) groups is 2. The van der Waals surface area contributed by atoms with Gasteiger partial charge in [-0.1, -0.05) is 36.9 Å². The van der Waals surface area contributed by atoms with Gasteiger partial charge in [0, 0.05) is 11.3 Å². The molecule has 4 rings (SSSR count). The minimum Gasteiger partial charge on any atom is -0.497 e. The maximum absolute atomic E-state index is 13.2. The molecule has 2 amide bonds. The summed E-state index contributed by atoms with van der Waals surface area (Å²) in [6.45, 7) is 3.83. The largest absolute Gasteiger partial charge is 0.497 e. The fourth-order valence-corrected chi connectivity index (χ4v) is 5.13. The summed E-state index contributed by atoms with van der Waals surface area (Å²) in [5.41, 5.74) is 4.81. The van der Waals surface area contributed by atoms with E-state index in [2.05, 4.69) is 15.7 Å². The minimum atomic E-state index is -0.543. The number of amides is 2. The first-order chi connectivity index (χ1) is 16.9. The van der Waals surface area contributed by atoms with Crippen molar-refractivity contribution in [1.82, 2.24) is 9.66 Å². The second-order valence-electron chi connectivity index (χ2n) is 7.72. The van der Waals surface area contributed by atoms with Crippen LogP contribution in [0.2, 0.25) is 0 Å². The number of fused-ring (bicyclic) bond motifs is 1. The smallest absolute Gasteiger partial charge is 0.291 e. The molecule has 8 nitrogen and oxygen atoms in total. The van der Waals surface area contributed by atoms with Crippen LogP contribution in [0.3, 0.4) is 0 Å². The Labute approximate surface area is 210 Å². The lowest BCUT2D eigenvalue weighted by molar-refractivity contribution is -0.115. The third-order valence-electron chi connectivity index (χ3n) is 5.19. The molecule has 0 fully saturated rings. The first-order valence-corrected chi connectivity index (χ1v) is 12.7. The summed E-state index contributed by atoms with van der Waals surface area (Å²) in [6, 6.07) is 15.9. The lowest BCUT2D eigenvalue weighted by Crippen LogP contribution is -2.35. The molecule has 180 valence electrons. The first-order valence-electron chi connectivity index (χ1n) is 10.9. The maximum atomic E-state index is 13.2. The Morgan fingerprint density at radius 2 is 1.97 bits per heavy atom. The first kappa shape index (κ1) is 24.5. The molecule has 1 atom stereocenters. The summed E-state index contributed by atoms with van der Waals surface area (Å²) in [4.78, 5) is 43.9. The molecule has 0 radical (unpaired) electrons. The van der Waals surface area contributed by atoms with Gasteiger partial charge >= 0.3 is 0 Å². The van der Waals surface area contributed by atoms with Crippen molar-refractivity contribution < 1.29 is 14.3 Å². The van der Waals surface area contributed by atoms with E-state index >= 15 is 0 Å². The van der Waals surface area contributed by atoms with E-state index < -0.39 is 16.7 Å². The summed E-state index contributed by atoms with van der Waals surface area (Å²) in [7, 11) is 1.51. The second-order valence-corrected chi connectivity index (χ2v) is 9.80. The Morgan fingerprint density at radius 1 is 1.17 bits per heavy atom. The average Bonchev–Trinajstić information content (AvgIpc) is 3.33. The third kappa shape index (κ3) is 5.55. The van der Waals surface area contributed by atoms with E-state index in [9.17, 15) is 14.4 Å².